The maximum atomic E-state index is 12.0. The predicted octanol–water partition coefficient (Wildman–Crippen LogP) is 2.99. The lowest BCUT2D eigenvalue weighted by molar-refractivity contribution is 0.0294. The van der Waals surface area contributed by atoms with Crippen LogP contribution in [0, 0.1) is 5.92 Å². The SMILES string of the molecule is COc1ccc(-c2cc([C@H]3CN4CC[C@H]3C[C@@H]4CNC(=O)NC(C)C)n(C)n2)cc1OC. The largest absolute Gasteiger partial charge is 0.493 e. The Kier molecular flexibility index (Phi) is 6.60. The van der Waals surface area contributed by atoms with Gasteiger partial charge in [-0.05, 0) is 63.4 Å². The average Bonchev–Trinajstić information content (AvgIpc) is 3.18. The normalized spacial score (nSPS) is 24.4. The number of nitrogens with one attached hydrogen (secondary N) is 2. The molecule has 3 saturated heterocycles. The maximum absolute atomic E-state index is 12.0. The van der Waals surface area contributed by atoms with Gasteiger partial charge in [0.15, 0.2) is 11.5 Å². The summed E-state index contributed by atoms with van der Waals surface area (Å²) in [5.74, 6) is 2.48. The zero-order valence-corrected chi connectivity index (χ0v) is 19.7. The Hall–Kier alpha value is -2.74. The van der Waals surface area contributed by atoms with E-state index in [1.165, 1.54) is 12.1 Å². The van der Waals surface area contributed by atoms with Crippen LogP contribution in [0.15, 0.2) is 24.3 Å². The van der Waals surface area contributed by atoms with E-state index in [4.69, 9.17) is 14.6 Å². The van der Waals surface area contributed by atoms with Crippen molar-refractivity contribution in [1.29, 1.82) is 0 Å². The zero-order valence-electron chi connectivity index (χ0n) is 19.7. The minimum Gasteiger partial charge on any atom is -0.493 e. The van der Waals surface area contributed by atoms with Crippen molar-refractivity contribution in [3.63, 3.8) is 0 Å². The summed E-state index contributed by atoms with van der Waals surface area (Å²) < 4.78 is 12.9. The summed E-state index contributed by atoms with van der Waals surface area (Å²) in [5.41, 5.74) is 3.24. The minimum atomic E-state index is -0.0783. The summed E-state index contributed by atoms with van der Waals surface area (Å²) in [4.78, 5) is 14.5. The van der Waals surface area contributed by atoms with E-state index in [0.717, 1.165) is 30.8 Å². The molecule has 3 aliphatic rings. The van der Waals surface area contributed by atoms with Crippen LogP contribution in [-0.4, -0.2) is 66.6 Å². The smallest absolute Gasteiger partial charge is 0.315 e. The van der Waals surface area contributed by atoms with Crippen molar-refractivity contribution in [3.05, 3.63) is 30.0 Å². The van der Waals surface area contributed by atoms with Gasteiger partial charge >= 0.3 is 6.03 Å². The number of aryl methyl sites for hydroxylation is 1. The number of methoxy groups -OCH3 is 2. The molecule has 5 rings (SSSR count). The summed E-state index contributed by atoms with van der Waals surface area (Å²) in [6.45, 7) is 6.75. The molecule has 1 aromatic carbocycles. The van der Waals surface area contributed by atoms with Crippen molar-refractivity contribution in [2.24, 2.45) is 13.0 Å². The van der Waals surface area contributed by atoms with Gasteiger partial charge in [0.2, 0.25) is 0 Å². The first-order valence-electron chi connectivity index (χ1n) is 11.4. The molecule has 8 heteroatoms. The number of urea groups is 1. The molecule has 174 valence electrons. The van der Waals surface area contributed by atoms with Gasteiger partial charge in [0, 0.05) is 49.4 Å². The third kappa shape index (κ3) is 4.55. The van der Waals surface area contributed by atoms with E-state index in [9.17, 15) is 4.79 Å². The van der Waals surface area contributed by atoms with Crippen LogP contribution in [0.4, 0.5) is 4.79 Å². The van der Waals surface area contributed by atoms with Crippen molar-refractivity contribution < 1.29 is 14.3 Å². The fourth-order valence-electron chi connectivity index (χ4n) is 5.17. The number of nitrogens with zero attached hydrogens (tertiary/aromatic N) is 3. The minimum absolute atomic E-state index is 0.0783. The molecular weight excluding hydrogens is 406 g/mol. The number of hydrogen-bond acceptors (Lipinski definition) is 5. The van der Waals surface area contributed by atoms with E-state index in [1.807, 2.05) is 43.8 Å². The molecule has 2 bridgehead atoms. The van der Waals surface area contributed by atoms with Gasteiger partial charge in [-0.25, -0.2) is 4.79 Å². The highest BCUT2D eigenvalue weighted by Crippen LogP contribution is 2.42. The molecule has 4 atom stereocenters. The van der Waals surface area contributed by atoms with Crippen LogP contribution in [0.5, 0.6) is 11.5 Å². The van der Waals surface area contributed by atoms with Crippen molar-refractivity contribution in [3.8, 4) is 22.8 Å². The fraction of sp³-hybridized carbons (Fsp3) is 0.583. The summed E-state index contributed by atoms with van der Waals surface area (Å²) in [7, 11) is 5.33. The number of rotatable bonds is 7. The predicted molar refractivity (Wildman–Crippen MR) is 124 cm³/mol. The Morgan fingerprint density at radius 2 is 2.00 bits per heavy atom. The molecule has 2 N–H and O–H groups in total. The van der Waals surface area contributed by atoms with E-state index in [0.29, 0.717) is 35.9 Å². The highest BCUT2D eigenvalue weighted by atomic mass is 16.5. The van der Waals surface area contributed by atoms with Gasteiger partial charge in [0.05, 0.1) is 19.9 Å². The van der Waals surface area contributed by atoms with E-state index >= 15 is 0 Å². The third-order valence-electron chi connectivity index (χ3n) is 6.77. The lowest BCUT2D eigenvalue weighted by atomic mass is 9.74. The molecule has 2 amide bonds. The molecule has 2 aromatic rings. The average molecular weight is 442 g/mol. The van der Waals surface area contributed by atoms with Crippen LogP contribution < -0.4 is 20.1 Å². The Morgan fingerprint density at radius 3 is 2.66 bits per heavy atom. The van der Waals surface area contributed by atoms with Gasteiger partial charge in [-0.1, -0.05) is 0 Å². The molecule has 3 aliphatic heterocycles. The summed E-state index contributed by atoms with van der Waals surface area (Å²) in [6.07, 6.45) is 2.29. The topological polar surface area (TPSA) is 80.7 Å². The van der Waals surface area contributed by atoms with Gasteiger partial charge in [0.1, 0.15) is 0 Å². The second-order valence-corrected chi connectivity index (χ2v) is 9.20. The molecule has 1 aromatic heterocycles. The zero-order chi connectivity index (χ0) is 22.8. The highest BCUT2D eigenvalue weighted by Gasteiger charge is 2.41. The van der Waals surface area contributed by atoms with E-state index in [1.54, 1.807) is 14.2 Å². The number of carbonyl (C=O) groups excluding carboxylic acids is 1. The van der Waals surface area contributed by atoms with Crippen LogP contribution in [0.3, 0.4) is 0 Å². The molecule has 0 radical (unpaired) electrons. The Morgan fingerprint density at radius 1 is 1.22 bits per heavy atom. The number of ether oxygens (including phenoxy) is 2. The van der Waals surface area contributed by atoms with Gasteiger partial charge in [0.25, 0.3) is 0 Å². The molecule has 0 saturated carbocycles. The molecule has 0 spiro atoms. The Bertz CT molecular complexity index is 957. The molecule has 32 heavy (non-hydrogen) atoms. The summed E-state index contributed by atoms with van der Waals surface area (Å²) in [5, 5.41) is 10.8. The van der Waals surface area contributed by atoms with Gasteiger partial charge in [-0.15, -0.1) is 0 Å². The molecular formula is C24H35N5O3. The first-order valence-corrected chi connectivity index (χ1v) is 11.4. The van der Waals surface area contributed by atoms with E-state index in [2.05, 4.69) is 21.6 Å². The first-order chi connectivity index (χ1) is 15.4. The number of benzene rings is 1. The highest BCUT2D eigenvalue weighted by molar-refractivity contribution is 5.74. The Balaban J connectivity index is 1.46. The monoisotopic (exact) mass is 441 g/mol. The maximum Gasteiger partial charge on any atom is 0.315 e. The van der Waals surface area contributed by atoms with Crippen LogP contribution >= 0.6 is 0 Å². The number of aromatic nitrogens is 2. The molecule has 1 unspecified atom stereocenters. The number of hydrogen-bond donors (Lipinski definition) is 2. The van der Waals surface area contributed by atoms with Crippen molar-refractivity contribution in [2.45, 2.75) is 44.7 Å². The lowest BCUT2D eigenvalue weighted by Crippen LogP contribution is -2.57. The van der Waals surface area contributed by atoms with Crippen molar-refractivity contribution in [2.75, 3.05) is 33.9 Å². The molecule has 4 heterocycles. The van der Waals surface area contributed by atoms with E-state index < -0.39 is 0 Å². The van der Waals surface area contributed by atoms with Crippen LogP contribution in [-0.2, 0) is 7.05 Å². The number of fused-ring (bicyclic) bond motifs is 3. The number of carbonyl (C=O) groups is 1. The van der Waals surface area contributed by atoms with Gasteiger partial charge < -0.3 is 20.1 Å². The Labute approximate surface area is 190 Å². The lowest BCUT2D eigenvalue weighted by Gasteiger charge is -2.49. The van der Waals surface area contributed by atoms with Crippen molar-refractivity contribution in [1.82, 2.24) is 25.3 Å². The fourth-order valence-corrected chi connectivity index (χ4v) is 5.17. The molecule has 0 aliphatic carbocycles. The number of piperidine rings is 3. The van der Waals surface area contributed by atoms with Gasteiger partial charge in [-0.2, -0.15) is 5.10 Å². The van der Waals surface area contributed by atoms with Crippen LogP contribution in [0.2, 0.25) is 0 Å². The summed E-state index contributed by atoms with van der Waals surface area (Å²) >= 11 is 0. The van der Waals surface area contributed by atoms with Crippen molar-refractivity contribution >= 4 is 6.03 Å². The standard InChI is InChI=1S/C24H35N5O3/c1-15(2)26-24(30)25-13-18-10-16-8-9-29(18)14-19(16)21-12-20(27-28(21)3)17-6-7-22(31-4)23(11-17)32-5/h6-7,11-12,15-16,18-19H,8-10,13-14H2,1-5H3,(H2,25,26,30)/t16-,18+,19-/m0/s1. The number of amides is 2. The molecule has 3 fully saturated rings. The second-order valence-electron chi connectivity index (χ2n) is 9.20. The van der Waals surface area contributed by atoms with Gasteiger partial charge in [-0.3, -0.25) is 9.58 Å². The summed E-state index contributed by atoms with van der Waals surface area (Å²) in [6, 6.07) is 8.61. The molecule has 8 nitrogen and oxygen atoms in total. The third-order valence-corrected chi connectivity index (χ3v) is 6.77. The van der Waals surface area contributed by atoms with Crippen LogP contribution in [0.25, 0.3) is 11.3 Å². The van der Waals surface area contributed by atoms with E-state index in [-0.39, 0.29) is 12.1 Å². The second kappa shape index (κ2) is 9.40. The quantitative estimate of drug-likeness (QED) is 0.691. The van der Waals surface area contributed by atoms with Crippen LogP contribution in [0.1, 0.15) is 38.3 Å². The first kappa shape index (κ1) is 22.5.